The first-order chi connectivity index (χ1) is 16.0. The molecule has 0 spiro atoms. The maximum atomic E-state index is 13.2. The molecule has 2 heterocycles. The van der Waals surface area contributed by atoms with Crippen LogP contribution < -0.4 is 25.0 Å². The number of H-pyrrole nitrogens is 1. The third kappa shape index (κ3) is 4.65. The Kier molecular flexibility index (Phi) is 6.83. The van der Waals surface area contributed by atoms with E-state index in [1.807, 2.05) is 24.3 Å². The maximum Gasteiger partial charge on any atom is 0.341 e. The van der Waals surface area contributed by atoms with Crippen molar-refractivity contribution in [2.45, 2.75) is 31.1 Å². The molecule has 0 saturated carbocycles. The molecule has 0 saturated heterocycles. The Labute approximate surface area is 194 Å². The van der Waals surface area contributed by atoms with Gasteiger partial charge < -0.3 is 19.9 Å². The average Bonchev–Trinajstić information content (AvgIpc) is 2.82. The van der Waals surface area contributed by atoms with Gasteiger partial charge in [0.15, 0.2) is 18.1 Å². The summed E-state index contributed by atoms with van der Waals surface area (Å²) in [6.07, 6.45) is 1.42. The van der Waals surface area contributed by atoms with Crippen molar-refractivity contribution in [1.82, 2.24) is 10.1 Å². The van der Waals surface area contributed by atoms with Gasteiger partial charge in [-0.3, -0.25) is 9.78 Å². The number of benzene rings is 2. The molecule has 172 valence electrons. The largest absolute Gasteiger partial charge is 0.493 e. The molecular weight excluding hydrogens is 444 g/mol. The molecule has 10 heteroatoms. The first kappa shape index (κ1) is 22.7. The van der Waals surface area contributed by atoms with Crippen LogP contribution in [0.3, 0.4) is 0 Å². The molecule has 1 aliphatic rings. The number of carboxylic acids is 1. The molecule has 1 aliphatic heterocycles. The SMILES string of the molecule is CCCCSc1n[n+]2c(c(=O)[nH]1)-c1ccccc1N[C@H]2c1cccc(OC)c1OCC(=O)O. The number of aliphatic carboxylic acids is 1. The first-order valence-electron chi connectivity index (χ1n) is 10.6. The number of methoxy groups -OCH3 is 1. The lowest BCUT2D eigenvalue weighted by Crippen LogP contribution is -2.55. The van der Waals surface area contributed by atoms with Crippen LogP contribution in [0, 0.1) is 0 Å². The van der Waals surface area contributed by atoms with Crippen molar-refractivity contribution in [1.29, 1.82) is 0 Å². The van der Waals surface area contributed by atoms with Gasteiger partial charge in [-0.05, 0) is 35.4 Å². The number of nitrogens with one attached hydrogen (secondary N) is 2. The van der Waals surface area contributed by atoms with Crippen LogP contribution in [0.15, 0.2) is 52.4 Å². The molecule has 3 N–H and O–H groups in total. The molecule has 1 atom stereocenters. The zero-order chi connectivity index (χ0) is 23.4. The van der Waals surface area contributed by atoms with Crippen molar-refractivity contribution < 1.29 is 24.1 Å². The van der Waals surface area contributed by atoms with Crippen LogP contribution in [0.2, 0.25) is 0 Å². The Hall–Kier alpha value is -3.53. The average molecular weight is 470 g/mol. The number of ether oxygens (including phenoxy) is 2. The monoisotopic (exact) mass is 469 g/mol. The Balaban J connectivity index is 1.88. The second-order valence-electron chi connectivity index (χ2n) is 7.41. The standard InChI is InChI=1S/C23H24N4O5S/c1-3-4-12-33-23-25-22(30)19-14-8-5-6-10-16(14)24-21(27(19)26-23)15-9-7-11-17(31-2)20(15)32-13-18(28)29/h5-11,21H,3-4,12-13H2,1-2H3,(H2,25,26,28,29,30)/p+1/t21-/m1/s1. The normalized spacial score (nSPS) is 14.1. The van der Waals surface area contributed by atoms with E-state index in [9.17, 15) is 9.59 Å². The summed E-state index contributed by atoms with van der Waals surface area (Å²) in [6.45, 7) is 1.58. The maximum absolute atomic E-state index is 13.2. The summed E-state index contributed by atoms with van der Waals surface area (Å²) in [6, 6.07) is 12.8. The zero-order valence-electron chi connectivity index (χ0n) is 18.3. The van der Waals surface area contributed by atoms with Crippen LogP contribution in [0.1, 0.15) is 31.5 Å². The highest BCUT2D eigenvalue weighted by Gasteiger charge is 2.39. The predicted octanol–water partition coefficient (Wildman–Crippen LogP) is 3.06. The van der Waals surface area contributed by atoms with Gasteiger partial charge >= 0.3 is 17.2 Å². The summed E-state index contributed by atoms with van der Waals surface area (Å²) in [7, 11) is 1.49. The van der Waals surface area contributed by atoms with E-state index in [4.69, 9.17) is 19.7 Å². The second kappa shape index (κ2) is 9.95. The van der Waals surface area contributed by atoms with Crippen molar-refractivity contribution in [3.05, 3.63) is 58.4 Å². The van der Waals surface area contributed by atoms with Crippen molar-refractivity contribution in [3.63, 3.8) is 0 Å². The molecule has 0 unspecified atom stereocenters. The third-order valence-electron chi connectivity index (χ3n) is 5.18. The Bertz CT molecular complexity index is 1230. The van der Waals surface area contributed by atoms with E-state index in [2.05, 4.69) is 17.2 Å². The van der Waals surface area contributed by atoms with Crippen molar-refractivity contribution >= 4 is 23.4 Å². The Morgan fingerprint density at radius 1 is 1.24 bits per heavy atom. The minimum absolute atomic E-state index is 0.251. The summed E-state index contributed by atoms with van der Waals surface area (Å²) >= 11 is 1.49. The van der Waals surface area contributed by atoms with Crippen LogP contribution in [0.5, 0.6) is 11.5 Å². The number of thioether (sulfide) groups is 1. The fourth-order valence-electron chi connectivity index (χ4n) is 3.67. The van der Waals surface area contributed by atoms with Crippen LogP contribution >= 0.6 is 11.8 Å². The zero-order valence-corrected chi connectivity index (χ0v) is 19.1. The summed E-state index contributed by atoms with van der Waals surface area (Å²) in [5, 5.41) is 17.8. The molecule has 0 radical (unpaired) electrons. The molecule has 0 fully saturated rings. The van der Waals surface area contributed by atoms with Crippen LogP contribution in [0.25, 0.3) is 11.3 Å². The lowest BCUT2D eigenvalue weighted by molar-refractivity contribution is -0.759. The van der Waals surface area contributed by atoms with Gasteiger partial charge in [-0.25, -0.2) is 4.79 Å². The molecule has 33 heavy (non-hydrogen) atoms. The summed E-state index contributed by atoms with van der Waals surface area (Å²) in [5.74, 6) is 0.393. The minimum Gasteiger partial charge on any atom is -0.493 e. The van der Waals surface area contributed by atoms with Gasteiger partial charge in [-0.15, -0.1) is 0 Å². The molecule has 0 bridgehead atoms. The molecule has 0 aliphatic carbocycles. The van der Waals surface area contributed by atoms with E-state index in [0.717, 1.165) is 29.8 Å². The predicted molar refractivity (Wildman–Crippen MR) is 124 cm³/mol. The topological polar surface area (TPSA) is 117 Å². The minimum atomic E-state index is -1.11. The number of hydrogen-bond acceptors (Lipinski definition) is 7. The number of unbranched alkanes of at least 4 members (excludes halogenated alkanes) is 1. The van der Waals surface area contributed by atoms with Crippen molar-refractivity contribution in [3.8, 4) is 22.8 Å². The highest BCUT2D eigenvalue weighted by Crippen LogP contribution is 2.38. The lowest BCUT2D eigenvalue weighted by Gasteiger charge is -2.24. The number of fused-ring (bicyclic) bond motifs is 3. The Morgan fingerprint density at radius 2 is 2.06 bits per heavy atom. The molecule has 4 rings (SSSR count). The van der Waals surface area contributed by atoms with E-state index < -0.39 is 18.7 Å². The van der Waals surface area contributed by atoms with Gasteiger partial charge in [0.1, 0.15) is 0 Å². The molecule has 1 aromatic heterocycles. The molecule has 0 amide bonds. The highest BCUT2D eigenvalue weighted by atomic mass is 32.2. The summed E-state index contributed by atoms with van der Waals surface area (Å²) in [4.78, 5) is 27.3. The molecule has 2 aromatic carbocycles. The fourth-order valence-corrected chi connectivity index (χ4v) is 4.61. The quantitative estimate of drug-likeness (QED) is 0.249. The third-order valence-corrected chi connectivity index (χ3v) is 6.13. The number of hydrogen-bond donors (Lipinski definition) is 3. The van der Waals surface area contributed by atoms with Crippen LogP contribution in [-0.4, -0.2) is 40.6 Å². The van der Waals surface area contributed by atoms with Crippen molar-refractivity contribution in [2.75, 3.05) is 24.8 Å². The number of carbonyl (C=O) groups is 1. The number of nitrogens with zero attached hydrogens (tertiary/aromatic N) is 2. The smallest absolute Gasteiger partial charge is 0.341 e. The lowest BCUT2D eigenvalue weighted by atomic mass is 10.0. The van der Waals surface area contributed by atoms with Gasteiger partial charge in [0.25, 0.3) is 6.17 Å². The first-order valence-corrected chi connectivity index (χ1v) is 11.6. The van der Waals surface area contributed by atoms with E-state index >= 15 is 0 Å². The number of anilines is 1. The molecular formula is C23H25N4O5S+. The Morgan fingerprint density at radius 3 is 2.82 bits per heavy atom. The van der Waals surface area contributed by atoms with Gasteiger partial charge in [0.2, 0.25) is 5.16 Å². The number of carboxylic acid groups (broad SMARTS) is 1. The van der Waals surface area contributed by atoms with Crippen LogP contribution in [-0.2, 0) is 4.79 Å². The number of aromatic amines is 1. The summed E-state index contributed by atoms with van der Waals surface area (Å²) < 4.78 is 12.7. The van der Waals surface area contributed by atoms with Gasteiger partial charge in [0, 0.05) is 10.9 Å². The van der Waals surface area contributed by atoms with Crippen molar-refractivity contribution in [2.24, 2.45) is 0 Å². The number of aromatic nitrogens is 3. The van der Waals surface area contributed by atoms with Gasteiger partial charge in [-0.1, -0.05) is 43.3 Å². The van der Waals surface area contributed by atoms with Crippen LogP contribution in [0.4, 0.5) is 5.69 Å². The molecule has 9 nitrogen and oxygen atoms in total. The van der Waals surface area contributed by atoms with Gasteiger partial charge in [-0.2, -0.15) is 0 Å². The molecule has 3 aromatic rings. The van der Waals surface area contributed by atoms with E-state index in [0.29, 0.717) is 22.2 Å². The van der Waals surface area contributed by atoms with E-state index in [1.54, 1.807) is 22.9 Å². The fraction of sp³-hybridized carbons (Fsp3) is 0.304. The van der Waals surface area contributed by atoms with E-state index in [1.165, 1.54) is 18.9 Å². The van der Waals surface area contributed by atoms with Gasteiger partial charge in [0.05, 0.1) is 23.9 Å². The second-order valence-corrected chi connectivity index (χ2v) is 8.49. The number of rotatable bonds is 9. The highest BCUT2D eigenvalue weighted by molar-refractivity contribution is 7.99. The number of para-hydroxylation sites is 2. The van der Waals surface area contributed by atoms with E-state index in [-0.39, 0.29) is 11.3 Å². The summed E-state index contributed by atoms with van der Waals surface area (Å²) in [5.41, 5.74) is 2.23.